The third kappa shape index (κ3) is 4.22. The number of hydrogen-bond donors (Lipinski definition) is 2. The van der Waals surface area contributed by atoms with Crippen LogP contribution in [0.2, 0.25) is 0 Å². The van der Waals surface area contributed by atoms with Crippen molar-refractivity contribution in [1.82, 2.24) is 15.8 Å². The fourth-order valence-electron chi connectivity index (χ4n) is 1.92. The zero-order valence-electron chi connectivity index (χ0n) is 13.4. The zero-order valence-corrected chi connectivity index (χ0v) is 13.4. The van der Waals surface area contributed by atoms with Gasteiger partial charge in [-0.3, -0.25) is 14.2 Å². The second kappa shape index (κ2) is 7.95. The van der Waals surface area contributed by atoms with Crippen LogP contribution in [-0.2, 0) is 0 Å². The van der Waals surface area contributed by atoms with E-state index in [1.807, 2.05) is 0 Å². The predicted octanol–water partition coefficient (Wildman–Crippen LogP) is 0.175. The van der Waals surface area contributed by atoms with Crippen LogP contribution in [-0.4, -0.2) is 37.2 Å². The van der Waals surface area contributed by atoms with Gasteiger partial charge in [-0.15, -0.1) is 0 Å². The number of aromatic nitrogens is 2. The number of methoxy groups -OCH3 is 1. The Bertz CT molecular complexity index is 711. The Kier molecular flexibility index (Phi) is 5.72. The molecular weight excluding hydrogens is 316 g/mol. The molecule has 0 radical (unpaired) electrons. The number of nitrogens with zero attached hydrogens (tertiary/aromatic N) is 2. The maximum atomic E-state index is 11.9. The smallest absolute Gasteiger partial charge is 0.308 e. The van der Waals surface area contributed by atoms with E-state index in [2.05, 4.69) is 20.4 Å². The van der Waals surface area contributed by atoms with Crippen molar-refractivity contribution in [3.05, 3.63) is 46.4 Å². The van der Waals surface area contributed by atoms with Crippen LogP contribution in [0, 0.1) is 12.1 Å². The SMILES string of the molecule is COc1ccc(C(=O)NCCCNC(=O)c2no[n+]([O-])c2C)cc1. The van der Waals surface area contributed by atoms with Crippen molar-refractivity contribution in [3.63, 3.8) is 0 Å². The van der Waals surface area contributed by atoms with Gasteiger partial charge in [0.1, 0.15) is 5.75 Å². The summed E-state index contributed by atoms with van der Waals surface area (Å²) in [6.45, 7) is 2.16. The largest absolute Gasteiger partial charge is 0.497 e. The summed E-state index contributed by atoms with van der Waals surface area (Å²) in [5.41, 5.74) is 0.575. The van der Waals surface area contributed by atoms with Gasteiger partial charge in [0.15, 0.2) is 0 Å². The van der Waals surface area contributed by atoms with Crippen molar-refractivity contribution in [2.75, 3.05) is 20.2 Å². The van der Waals surface area contributed by atoms with Crippen molar-refractivity contribution < 1.29 is 23.9 Å². The Labute approximate surface area is 138 Å². The Morgan fingerprint density at radius 1 is 1.21 bits per heavy atom. The third-order valence-corrected chi connectivity index (χ3v) is 3.31. The topological polar surface area (TPSA) is 120 Å². The number of carbonyl (C=O) groups excluding carboxylic acids is 2. The molecule has 0 fully saturated rings. The lowest BCUT2D eigenvalue weighted by Gasteiger charge is -2.06. The molecule has 0 saturated heterocycles. The molecule has 2 rings (SSSR count). The van der Waals surface area contributed by atoms with Crippen LogP contribution in [0.4, 0.5) is 0 Å². The molecule has 0 aliphatic heterocycles. The molecule has 128 valence electrons. The first kappa shape index (κ1) is 17.3. The molecule has 2 N–H and O–H groups in total. The van der Waals surface area contributed by atoms with Crippen LogP contribution >= 0.6 is 0 Å². The normalized spacial score (nSPS) is 10.2. The van der Waals surface area contributed by atoms with Crippen LogP contribution in [0.25, 0.3) is 0 Å². The van der Waals surface area contributed by atoms with Crippen molar-refractivity contribution in [2.45, 2.75) is 13.3 Å². The molecule has 1 heterocycles. The summed E-state index contributed by atoms with van der Waals surface area (Å²) < 4.78 is 9.35. The van der Waals surface area contributed by atoms with Gasteiger partial charge in [0.25, 0.3) is 5.91 Å². The first-order valence-electron chi connectivity index (χ1n) is 7.29. The van der Waals surface area contributed by atoms with Crippen LogP contribution in [0.1, 0.15) is 33.0 Å². The zero-order chi connectivity index (χ0) is 17.5. The number of nitrogens with one attached hydrogen (secondary N) is 2. The Hall–Kier alpha value is -3.10. The van der Waals surface area contributed by atoms with Gasteiger partial charge >= 0.3 is 11.6 Å². The van der Waals surface area contributed by atoms with Gasteiger partial charge < -0.3 is 20.6 Å². The van der Waals surface area contributed by atoms with E-state index in [4.69, 9.17) is 4.74 Å². The van der Waals surface area contributed by atoms with E-state index in [0.717, 1.165) is 0 Å². The fourth-order valence-corrected chi connectivity index (χ4v) is 1.92. The molecule has 0 atom stereocenters. The van der Waals surface area contributed by atoms with Crippen LogP contribution in [0.5, 0.6) is 5.75 Å². The van der Waals surface area contributed by atoms with E-state index in [0.29, 0.717) is 30.8 Å². The average Bonchev–Trinajstić information content (AvgIpc) is 2.93. The van der Waals surface area contributed by atoms with E-state index >= 15 is 0 Å². The van der Waals surface area contributed by atoms with Crippen molar-refractivity contribution in [3.8, 4) is 5.75 Å². The molecule has 0 aliphatic carbocycles. The highest BCUT2D eigenvalue weighted by atomic mass is 16.8. The van der Waals surface area contributed by atoms with Crippen LogP contribution in [0.15, 0.2) is 28.9 Å². The van der Waals surface area contributed by atoms with E-state index in [1.54, 1.807) is 31.4 Å². The van der Waals surface area contributed by atoms with Gasteiger partial charge in [0, 0.05) is 25.6 Å². The number of amides is 2. The van der Waals surface area contributed by atoms with Crippen molar-refractivity contribution in [1.29, 1.82) is 0 Å². The summed E-state index contributed by atoms with van der Waals surface area (Å²) in [6, 6.07) is 6.75. The minimum atomic E-state index is -0.493. The Balaban J connectivity index is 1.70. The monoisotopic (exact) mass is 334 g/mol. The number of rotatable bonds is 7. The molecule has 9 nitrogen and oxygen atoms in total. The minimum Gasteiger partial charge on any atom is -0.497 e. The summed E-state index contributed by atoms with van der Waals surface area (Å²) >= 11 is 0. The summed E-state index contributed by atoms with van der Waals surface area (Å²) in [6.07, 6.45) is 0.530. The van der Waals surface area contributed by atoms with Gasteiger partial charge in [-0.1, -0.05) is 0 Å². The van der Waals surface area contributed by atoms with Crippen molar-refractivity contribution >= 4 is 11.8 Å². The Morgan fingerprint density at radius 3 is 2.38 bits per heavy atom. The highest BCUT2D eigenvalue weighted by Crippen LogP contribution is 2.10. The molecule has 9 heteroatoms. The molecule has 1 aromatic heterocycles. The van der Waals surface area contributed by atoms with Gasteiger partial charge in [-0.25, -0.2) is 0 Å². The minimum absolute atomic E-state index is 0.0488. The molecule has 0 saturated carbocycles. The lowest BCUT2D eigenvalue weighted by atomic mass is 10.2. The fraction of sp³-hybridized carbons (Fsp3) is 0.333. The van der Waals surface area contributed by atoms with E-state index in [-0.39, 0.29) is 22.2 Å². The molecular formula is C15H18N4O5. The summed E-state index contributed by atoms with van der Waals surface area (Å²) in [5.74, 6) is -0.0205. The second-order valence-electron chi connectivity index (χ2n) is 4.96. The number of carbonyl (C=O) groups is 2. The summed E-state index contributed by atoms with van der Waals surface area (Å²) in [4.78, 5) is 23.9. The third-order valence-electron chi connectivity index (χ3n) is 3.31. The Morgan fingerprint density at radius 2 is 1.83 bits per heavy atom. The molecule has 1 aromatic carbocycles. The molecule has 0 bridgehead atoms. The van der Waals surface area contributed by atoms with Gasteiger partial charge in [-0.2, -0.15) is 0 Å². The highest BCUT2D eigenvalue weighted by molar-refractivity contribution is 5.94. The van der Waals surface area contributed by atoms with E-state index < -0.39 is 5.91 Å². The van der Waals surface area contributed by atoms with Gasteiger partial charge in [0.2, 0.25) is 5.69 Å². The summed E-state index contributed by atoms with van der Waals surface area (Å²) in [7, 11) is 1.56. The lowest BCUT2D eigenvalue weighted by Crippen LogP contribution is -2.32. The molecule has 24 heavy (non-hydrogen) atoms. The maximum absolute atomic E-state index is 11.9. The first-order chi connectivity index (χ1) is 11.5. The average molecular weight is 334 g/mol. The molecule has 0 unspecified atom stereocenters. The van der Waals surface area contributed by atoms with Gasteiger partial charge in [-0.05, 0) is 35.6 Å². The number of hydrogen-bond acceptors (Lipinski definition) is 6. The molecule has 2 aromatic rings. The highest BCUT2D eigenvalue weighted by Gasteiger charge is 2.21. The van der Waals surface area contributed by atoms with E-state index in [1.165, 1.54) is 6.92 Å². The number of ether oxygens (including phenoxy) is 1. The predicted molar refractivity (Wildman–Crippen MR) is 82.5 cm³/mol. The van der Waals surface area contributed by atoms with E-state index in [9.17, 15) is 14.8 Å². The second-order valence-corrected chi connectivity index (χ2v) is 4.96. The standard InChI is InChI=1S/C15H18N4O5/c1-10-13(18-24-19(10)22)15(21)17-9-3-8-16-14(20)11-4-6-12(23-2)7-5-11/h4-7H,3,8-9H2,1-2H3,(H,16,20)(H,17,21). The van der Waals surface area contributed by atoms with Gasteiger partial charge in [0.05, 0.1) is 12.3 Å². The van der Waals surface area contributed by atoms with Crippen molar-refractivity contribution in [2.24, 2.45) is 0 Å². The van der Waals surface area contributed by atoms with Crippen LogP contribution in [0.3, 0.4) is 0 Å². The summed E-state index contributed by atoms with van der Waals surface area (Å²) in [5, 5.41) is 19.7. The lowest BCUT2D eigenvalue weighted by molar-refractivity contribution is -0.806. The van der Waals surface area contributed by atoms with Crippen LogP contribution < -0.4 is 20.3 Å². The maximum Gasteiger partial charge on any atom is 0.308 e. The molecule has 0 spiro atoms. The molecule has 2 amide bonds. The number of benzene rings is 1. The first-order valence-corrected chi connectivity index (χ1v) is 7.29. The molecule has 0 aliphatic rings. The quantitative estimate of drug-likeness (QED) is 0.550.